The van der Waals surface area contributed by atoms with Crippen LogP contribution in [0.2, 0.25) is 0 Å². The third kappa shape index (κ3) is 4.39. The number of aromatic nitrogens is 3. The van der Waals surface area contributed by atoms with Crippen molar-refractivity contribution in [2.45, 2.75) is 37.8 Å². The van der Waals surface area contributed by atoms with Gasteiger partial charge in [-0.05, 0) is 25.0 Å². The van der Waals surface area contributed by atoms with Crippen LogP contribution in [0.3, 0.4) is 0 Å². The number of nitrogens with zero attached hydrogens (tertiary/aromatic N) is 3. The molecule has 1 saturated carbocycles. The van der Waals surface area contributed by atoms with Crippen molar-refractivity contribution in [2.24, 2.45) is 11.5 Å². The van der Waals surface area contributed by atoms with Gasteiger partial charge in [-0.1, -0.05) is 12.8 Å². The normalized spacial score (nSPS) is 18.7. The number of rotatable bonds is 6. The maximum Gasteiger partial charge on any atom is 0.252 e. The van der Waals surface area contributed by atoms with Crippen LogP contribution < -0.4 is 22.1 Å². The Morgan fingerprint density at radius 1 is 1.20 bits per heavy atom. The van der Waals surface area contributed by atoms with Crippen LogP contribution in [0, 0.1) is 5.82 Å². The Balaban J connectivity index is 1.64. The van der Waals surface area contributed by atoms with Crippen LogP contribution in [0.5, 0.6) is 0 Å². The van der Waals surface area contributed by atoms with Crippen LogP contribution in [0.1, 0.15) is 36.0 Å². The molecule has 0 spiro atoms. The summed E-state index contributed by atoms with van der Waals surface area (Å²) in [7, 11) is 0. The van der Waals surface area contributed by atoms with Crippen LogP contribution >= 0.6 is 11.3 Å². The lowest BCUT2D eigenvalue weighted by Gasteiger charge is -2.30. The van der Waals surface area contributed by atoms with E-state index in [2.05, 4.69) is 25.6 Å². The smallest absolute Gasteiger partial charge is 0.252 e. The van der Waals surface area contributed by atoms with Gasteiger partial charge in [0.05, 0.1) is 17.4 Å². The minimum Gasteiger partial charge on any atom is -0.365 e. The van der Waals surface area contributed by atoms with Gasteiger partial charge in [0, 0.05) is 35.4 Å². The highest BCUT2D eigenvalue weighted by molar-refractivity contribution is 7.13. The highest BCUT2D eigenvalue weighted by Crippen LogP contribution is 2.28. The van der Waals surface area contributed by atoms with Crippen molar-refractivity contribution < 1.29 is 9.18 Å². The zero-order valence-corrected chi connectivity index (χ0v) is 17.0. The quantitative estimate of drug-likeness (QED) is 0.475. The van der Waals surface area contributed by atoms with Gasteiger partial charge in [0.25, 0.3) is 5.91 Å². The Labute approximate surface area is 177 Å². The Morgan fingerprint density at radius 3 is 2.77 bits per heavy atom. The van der Waals surface area contributed by atoms with E-state index < -0.39 is 11.7 Å². The van der Waals surface area contributed by atoms with Gasteiger partial charge < -0.3 is 22.1 Å². The summed E-state index contributed by atoms with van der Waals surface area (Å²) in [6.45, 7) is 0. The number of carbonyl (C=O) groups excluding carboxylic acids is 1. The average Bonchev–Trinajstić information content (AvgIpc) is 3.27. The fourth-order valence-electron chi connectivity index (χ4n) is 3.52. The van der Waals surface area contributed by atoms with Crippen molar-refractivity contribution in [3.05, 3.63) is 47.5 Å². The lowest BCUT2D eigenvalue weighted by atomic mass is 9.91. The standard InChI is InChI=1S/C20H22FN7OS/c21-14-8-13(17(23)29)18(28-19(14)27-16-4-2-1-3-15(16)22)26-12-7-11(9-24-10-12)20-25-5-6-30-20/h5-10,15-16H,1-4,22H2,(H2,23,29)(H2,26,27,28)/t15-,16+/m0/s1. The van der Waals surface area contributed by atoms with E-state index in [-0.39, 0.29) is 29.3 Å². The molecule has 3 heterocycles. The zero-order chi connectivity index (χ0) is 21.1. The summed E-state index contributed by atoms with van der Waals surface area (Å²) in [4.78, 5) is 24.7. The highest BCUT2D eigenvalue weighted by Gasteiger charge is 2.24. The fourth-order valence-corrected chi connectivity index (χ4v) is 4.14. The first-order valence-electron chi connectivity index (χ1n) is 9.65. The van der Waals surface area contributed by atoms with Gasteiger partial charge in [-0.3, -0.25) is 9.78 Å². The number of primary amides is 1. The minimum absolute atomic E-state index is 0.0360. The van der Waals surface area contributed by atoms with Crippen LogP contribution in [0.25, 0.3) is 10.6 Å². The summed E-state index contributed by atoms with van der Waals surface area (Å²) in [5, 5.41) is 8.81. The lowest BCUT2D eigenvalue weighted by Crippen LogP contribution is -2.43. The number of thiazole rings is 1. The number of halogens is 1. The second kappa shape index (κ2) is 8.72. The molecule has 2 atom stereocenters. The molecule has 0 aromatic carbocycles. The molecule has 6 N–H and O–H groups in total. The molecule has 0 radical (unpaired) electrons. The summed E-state index contributed by atoms with van der Waals surface area (Å²) in [6, 6.07) is 2.76. The Kier molecular flexibility index (Phi) is 5.86. The third-order valence-electron chi connectivity index (χ3n) is 5.06. The van der Waals surface area contributed by atoms with Gasteiger partial charge in [0.15, 0.2) is 11.6 Å². The molecular formula is C20H22FN7OS. The first kappa shape index (κ1) is 20.2. The largest absolute Gasteiger partial charge is 0.365 e. The molecule has 3 aromatic heterocycles. The highest BCUT2D eigenvalue weighted by atomic mass is 32.1. The number of nitrogens with one attached hydrogen (secondary N) is 2. The third-order valence-corrected chi connectivity index (χ3v) is 5.89. The number of pyridine rings is 2. The van der Waals surface area contributed by atoms with E-state index in [1.807, 2.05) is 11.4 Å². The van der Waals surface area contributed by atoms with Crippen molar-refractivity contribution >= 4 is 34.6 Å². The molecule has 1 aliphatic rings. The summed E-state index contributed by atoms with van der Waals surface area (Å²) in [6.07, 6.45) is 8.77. The predicted octanol–water partition coefficient (Wildman–Crippen LogP) is 3.26. The average molecular weight is 428 g/mol. The van der Waals surface area contributed by atoms with E-state index in [1.165, 1.54) is 11.3 Å². The summed E-state index contributed by atoms with van der Waals surface area (Å²) in [5.41, 5.74) is 12.9. The molecule has 156 valence electrons. The summed E-state index contributed by atoms with van der Waals surface area (Å²) in [5.74, 6) is -1.25. The number of hydrogen-bond donors (Lipinski definition) is 4. The molecule has 30 heavy (non-hydrogen) atoms. The molecule has 1 amide bonds. The molecule has 4 rings (SSSR count). The Morgan fingerprint density at radius 2 is 2.03 bits per heavy atom. The molecule has 0 saturated heterocycles. The maximum atomic E-state index is 14.6. The van der Waals surface area contributed by atoms with Crippen molar-refractivity contribution in [2.75, 3.05) is 10.6 Å². The van der Waals surface area contributed by atoms with Crippen LogP contribution in [0.4, 0.5) is 21.7 Å². The molecule has 0 aliphatic heterocycles. The van der Waals surface area contributed by atoms with Crippen LogP contribution in [-0.4, -0.2) is 32.9 Å². The molecule has 8 nitrogen and oxygen atoms in total. The number of nitrogens with two attached hydrogens (primary N) is 2. The van der Waals surface area contributed by atoms with Crippen LogP contribution in [-0.2, 0) is 0 Å². The second-order valence-corrected chi connectivity index (χ2v) is 8.10. The monoisotopic (exact) mass is 427 g/mol. The van der Waals surface area contributed by atoms with Gasteiger partial charge in [0.2, 0.25) is 0 Å². The molecule has 1 aliphatic carbocycles. The van der Waals surface area contributed by atoms with Crippen molar-refractivity contribution in [1.82, 2.24) is 15.0 Å². The number of carbonyl (C=O) groups is 1. The van der Waals surface area contributed by atoms with E-state index in [4.69, 9.17) is 11.5 Å². The second-order valence-electron chi connectivity index (χ2n) is 7.20. The number of anilines is 3. The van der Waals surface area contributed by atoms with E-state index in [0.29, 0.717) is 5.69 Å². The van der Waals surface area contributed by atoms with Gasteiger partial charge in [0.1, 0.15) is 10.8 Å². The zero-order valence-electron chi connectivity index (χ0n) is 16.1. The number of amides is 1. The van der Waals surface area contributed by atoms with Gasteiger partial charge in [-0.15, -0.1) is 11.3 Å². The lowest BCUT2D eigenvalue weighted by molar-refractivity contribution is 0.100. The van der Waals surface area contributed by atoms with Crippen molar-refractivity contribution in [1.29, 1.82) is 0 Å². The minimum atomic E-state index is -0.783. The summed E-state index contributed by atoms with van der Waals surface area (Å²) < 4.78 is 14.6. The van der Waals surface area contributed by atoms with Crippen LogP contribution in [0.15, 0.2) is 36.1 Å². The van der Waals surface area contributed by atoms with E-state index >= 15 is 0 Å². The maximum absolute atomic E-state index is 14.6. The Hall–Kier alpha value is -3.11. The van der Waals surface area contributed by atoms with Crippen molar-refractivity contribution in [3.8, 4) is 10.6 Å². The molecule has 0 unspecified atom stereocenters. The SMILES string of the molecule is NC(=O)c1cc(F)c(N[C@@H]2CCCC[C@@H]2N)nc1Nc1cncc(-c2nccs2)c1. The van der Waals surface area contributed by atoms with Crippen molar-refractivity contribution in [3.63, 3.8) is 0 Å². The number of hydrogen-bond acceptors (Lipinski definition) is 8. The molecule has 3 aromatic rings. The molecule has 0 bridgehead atoms. The van der Waals surface area contributed by atoms with E-state index in [0.717, 1.165) is 42.3 Å². The van der Waals surface area contributed by atoms with Gasteiger partial charge in [-0.25, -0.2) is 14.4 Å². The molecule has 1 fully saturated rings. The molecular weight excluding hydrogens is 405 g/mol. The fraction of sp³-hybridized carbons (Fsp3) is 0.300. The Bertz CT molecular complexity index is 1040. The van der Waals surface area contributed by atoms with Gasteiger partial charge >= 0.3 is 0 Å². The first-order valence-corrected chi connectivity index (χ1v) is 10.5. The topological polar surface area (TPSA) is 132 Å². The van der Waals surface area contributed by atoms with E-state index in [1.54, 1.807) is 18.6 Å². The van der Waals surface area contributed by atoms with Gasteiger partial charge in [-0.2, -0.15) is 0 Å². The molecule has 10 heteroatoms. The summed E-state index contributed by atoms with van der Waals surface area (Å²) >= 11 is 1.48. The predicted molar refractivity (Wildman–Crippen MR) is 115 cm³/mol. The first-order chi connectivity index (χ1) is 14.5. The van der Waals surface area contributed by atoms with E-state index in [9.17, 15) is 9.18 Å².